The maximum Gasteiger partial charge on any atom is 0.263 e. The van der Waals surface area contributed by atoms with Gasteiger partial charge in [0.1, 0.15) is 0 Å². The maximum atomic E-state index is 12.9. The Balaban J connectivity index is 1.82. The molecule has 5 rings (SSSR count). The van der Waals surface area contributed by atoms with E-state index in [4.69, 9.17) is 11.6 Å². The van der Waals surface area contributed by atoms with E-state index in [0.717, 1.165) is 16.0 Å². The van der Waals surface area contributed by atoms with Crippen LogP contribution in [-0.4, -0.2) is 10.5 Å². The summed E-state index contributed by atoms with van der Waals surface area (Å²) in [6, 6.07) is 18.3. The average Bonchev–Trinajstić information content (AvgIpc) is 3.17. The molecule has 0 fully saturated rings. The van der Waals surface area contributed by atoms with Gasteiger partial charge in [-0.05, 0) is 29.8 Å². The van der Waals surface area contributed by atoms with Gasteiger partial charge >= 0.3 is 0 Å². The van der Waals surface area contributed by atoms with E-state index in [-0.39, 0.29) is 11.3 Å². The first-order valence-corrected chi connectivity index (χ1v) is 8.92. The molecule has 0 spiro atoms. The lowest BCUT2D eigenvalue weighted by atomic mass is 10.1. The Bertz CT molecular complexity index is 1240. The first kappa shape index (κ1) is 14.6. The third-order valence-corrected chi connectivity index (χ3v) is 5.89. The molecule has 3 heterocycles. The minimum atomic E-state index is -0.0870. The molecule has 5 heteroatoms. The molecule has 120 valence electrons. The van der Waals surface area contributed by atoms with Crippen LogP contribution in [0.25, 0.3) is 31.9 Å². The number of thiophene rings is 1. The molecule has 0 radical (unpaired) electrons. The largest absolute Gasteiger partial charge is 0.288 e. The van der Waals surface area contributed by atoms with Gasteiger partial charge < -0.3 is 0 Å². The maximum absolute atomic E-state index is 12.9. The van der Waals surface area contributed by atoms with Gasteiger partial charge in [0, 0.05) is 27.1 Å². The fourth-order valence-corrected chi connectivity index (χ4v) is 4.48. The third-order valence-electron chi connectivity index (χ3n) is 4.45. The number of aromatic nitrogens is 1. The van der Waals surface area contributed by atoms with Crippen molar-refractivity contribution in [2.24, 2.45) is 0 Å². The molecule has 0 unspecified atom stereocenters. The quantitative estimate of drug-likeness (QED) is 0.418. The Kier molecular flexibility index (Phi) is 3.02. The van der Waals surface area contributed by atoms with Crippen molar-refractivity contribution >= 4 is 39.1 Å². The summed E-state index contributed by atoms with van der Waals surface area (Å²) in [5, 5.41) is 0.662. The molecule has 0 aliphatic carbocycles. The lowest BCUT2D eigenvalue weighted by molar-refractivity contribution is 0.0973. The first-order chi connectivity index (χ1) is 12.1. The number of carbonyl (C=O) groups excluding carboxylic acids is 1. The number of halogens is 1. The zero-order valence-electron chi connectivity index (χ0n) is 12.8. The predicted molar refractivity (Wildman–Crippen MR) is 102 cm³/mol. The molecule has 0 saturated carbocycles. The van der Waals surface area contributed by atoms with E-state index in [9.17, 15) is 9.59 Å². The van der Waals surface area contributed by atoms with Crippen molar-refractivity contribution < 1.29 is 4.79 Å². The summed E-state index contributed by atoms with van der Waals surface area (Å²) in [6.07, 6.45) is 0. The number of pyridine rings is 1. The van der Waals surface area contributed by atoms with E-state index in [0.29, 0.717) is 26.5 Å². The van der Waals surface area contributed by atoms with Crippen molar-refractivity contribution in [3.63, 3.8) is 0 Å². The van der Waals surface area contributed by atoms with Gasteiger partial charge in [-0.1, -0.05) is 41.9 Å². The number of fused-ring (bicyclic) bond motifs is 5. The number of benzene rings is 2. The van der Waals surface area contributed by atoms with E-state index in [1.165, 1.54) is 11.3 Å². The van der Waals surface area contributed by atoms with E-state index >= 15 is 0 Å². The van der Waals surface area contributed by atoms with E-state index in [1.807, 2.05) is 48.5 Å². The molecule has 25 heavy (non-hydrogen) atoms. The molecular weight excluding hydrogens is 354 g/mol. The van der Waals surface area contributed by atoms with Gasteiger partial charge in [-0.25, -0.2) is 0 Å². The molecule has 0 atom stereocenters. The van der Waals surface area contributed by atoms with Crippen LogP contribution in [0.4, 0.5) is 0 Å². The van der Waals surface area contributed by atoms with Crippen molar-refractivity contribution in [1.82, 2.24) is 4.57 Å². The topological polar surface area (TPSA) is 39.1 Å². The lowest BCUT2D eigenvalue weighted by Crippen LogP contribution is -2.11. The SMILES string of the molecule is O=C1c2ccccc2-c2cc(=O)c3sc(-c4ccc(Cl)cc4)cc3n21. The number of rotatable bonds is 1. The zero-order chi connectivity index (χ0) is 17.1. The van der Waals surface area contributed by atoms with Gasteiger partial charge in [-0.15, -0.1) is 11.3 Å². The van der Waals surface area contributed by atoms with Gasteiger partial charge in [0.15, 0.2) is 5.43 Å². The van der Waals surface area contributed by atoms with Crippen LogP contribution >= 0.6 is 22.9 Å². The fourth-order valence-electron chi connectivity index (χ4n) is 3.29. The predicted octanol–water partition coefficient (Wildman–Crippen LogP) is 5.05. The highest BCUT2D eigenvalue weighted by atomic mass is 35.5. The van der Waals surface area contributed by atoms with E-state index < -0.39 is 0 Å². The summed E-state index contributed by atoms with van der Waals surface area (Å²) in [6.45, 7) is 0. The van der Waals surface area contributed by atoms with Crippen LogP contribution in [0.2, 0.25) is 5.02 Å². The molecular formula is C20H10ClNO2S. The standard InChI is InChI=1S/C20H10ClNO2S/c21-12-7-5-11(6-8-12)18-10-16-19(25-18)17(23)9-15-13-3-1-2-4-14(13)20(24)22(15)16/h1-10H. The highest BCUT2D eigenvalue weighted by molar-refractivity contribution is 7.22. The van der Waals surface area contributed by atoms with Crippen molar-refractivity contribution in [2.75, 3.05) is 0 Å². The van der Waals surface area contributed by atoms with Crippen LogP contribution in [-0.2, 0) is 0 Å². The van der Waals surface area contributed by atoms with Gasteiger partial charge in [0.2, 0.25) is 0 Å². The lowest BCUT2D eigenvalue weighted by Gasteiger charge is -2.03. The van der Waals surface area contributed by atoms with E-state index in [2.05, 4.69) is 0 Å². The molecule has 3 nitrogen and oxygen atoms in total. The van der Waals surface area contributed by atoms with Crippen molar-refractivity contribution in [3.05, 3.63) is 81.5 Å². The Labute approximate surface area is 151 Å². The molecule has 2 aromatic carbocycles. The smallest absolute Gasteiger partial charge is 0.263 e. The monoisotopic (exact) mass is 363 g/mol. The second-order valence-corrected chi connectivity index (χ2v) is 7.40. The molecule has 0 amide bonds. The highest BCUT2D eigenvalue weighted by Crippen LogP contribution is 2.38. The van der Waals surface area contributed by atoms with Crippen LogP contribution in [0.5, 0.6) is 0 Å². The first-order valence-electron chi connectivity index (χ1n) is 7.73. The number of carbonyl (C=O) groups is 1. The Hall–Kier alpha value is -2.69. The minimum Gasteiger partial charge on any atom is -0.288 e. The van der Waals surface area contributed by atoms with Crippen LogP contribution in [0.15, 0.2) is 65.5 Å². The second kappa shape index (κ2) is 5.15. The highest BCUT2D eigenvalue weighted by Gasteiger charge is 2.28. The summed E-state index contributed by atoms with van der Waals surface area (Å²) in [5.41, 5.74) is 3.69. The number of hydrogen-bond donors (Lipinski definition) is 0. The van der Waals surface area contributed by atoms with Crippen LogP contribution in [0.3, 0.4) is 0 Å². The van der Waals surface area contributed by atoms with Crippen LogP contribution in [0, 0.1) is 0 Å². The normalized spacial score (nSPS) is 12.4. The van der Waals surface area contributed by atoms with Crippen LogP contribution in [0.1, 0.15) is 10.4 Å². The Morgan fingerprint density at radius 2 is 1.60 bits per heavy atom. The summed E-state index contributed by atoms with van der Waals surface area (Å²) >= 11 is 7.36. The van der Waals surface area contributed by atoms with Gasteiger partial charge in [-0.3, -0.25) is 14.2 Å². The zero-order valence-corrected chi connectivity index (χ0v) is 14.4. The van der Waals surface area contributed by atoms with Crippen molar-refractivity contribution in [3.8, 4) is 21.7 Å². The molecule has 0 N–H and O–H groups in total. The van der Waals surface area contributed by atoms with E-state index in [1.54, 1.807) is 16.7 Å². The molecule has 1 aliphatic rings. The third kappa shape index (κ3) is 2.05. The average molecular weight is 364 g/mol. The van der Waals surface area contributed by atoms with Gasteiger partial charge in [0.25, 0.3) is 5.91 Å². The number of nitrogens with zero attached hydrogens (tertiary/aromatic N) is 1. The molecule has 1 aliphatic heterocycles. The van der Waals surface area contributed by atoms with Crippen LogP contribution < -0.4 is 5.43 Å². The summed E-state index contributed by atoms with van der Waals surface area (Å²) in [5.74, 6) is -0.0870. The minimum absolute atomic E-state index is 0.0593. The molecule has 0 bridgehead atoms. The summed E-state index contributed by atoms with van der Waals surface area (Å²) < 4.78 is 2.24. The summed E-state index contributed by atoms with van der Waals surface area (Å²) in [4.78, 5) is 26.4. The molecule has 2 aromatic heterocycles. The fraction of sp³-hybridized carbons (Fsp3) is 0. The summed E-state index contributed by atoms with van der Waals surface area (Å²) in [7, 11) is 0. The Morgan fingerprint density at radius 3 is 2.36 bits per heavy atom. The van der Waals surface area contributed by atoms with Gasteiger partial charge in [0.05, 0.1) is 15.9 Å². The van der Waals surface area contributed by atoms with Crippen molar-refractivity contribution in [1.29, 1.82) is 0 Å². The Morgan fingerprint density at radius 1 is 0.880 bits per heavy atom. The molecule has 0 saturated heterocycles. The number of hydrogen-bond acceptors (Lipinski definition) is 3. The molecule has 4 aromatic rings. The second-order valence-electron chi connectivity index (χ2n) is 5.91. The van der Waals surface area contributed by atoms with Gasteiger partial charge in [-0.2, -0.15) is 0 Å². The van der Waals surface area contributed by atoms with Crippen molar-refractivity contribution in [2.45, 2.75) is 0 Å².